The van der Waals surface area contributed by atoms with E-state index in [9.17, 15) is 23.1 Å². The van der Waals surface area contributed by atoms with E-state index in [0.29, 0.717) is 18.7 Å². The van der Waals surface area contributed by atoms with E-state index in [4.69, 9.17) is 0 Å². The normalized spacial score (nSPS) is 21.8. The number of amides is 1. The van der Waals surface area contributed by atoms with Crippen LogP contribution in [0.25, 0.3) is 0 Å². The fourth-order valence-corrected chi connectivity index (χ4v) is 2.99. The lowest BCUT2D eigenvalue weighted by Gasteiger charge is -2.20. The summed E-state index contributed by atoms with van der Waals surface area (Å²) in [5.74, 6) is -0.916. The van der Waals surface area contributed by atoms with Gasteiger partial charge in [0.2, 0.25) is 5.91 Å². The Kier molecular flexibility index (Phi) is 5.71. The SMILES string of the molecule is CN(C)C(=O)[C@@H]1CN(Cc2ccccc2OC(F)(F)F)C[C@H]1CO. The molecule has 2 atom stereocenters. The third kappa shape index (κ3) is 4.61. The third-order valence-electron chi connectivity index (χ3n) is 4.10. The van der Waals surface area contributed by atoms with Crippen molar-refractivity contribution in [2.24, 2.45) is 11.8 Å². The van der Waals surface area contributed by atoms with Crippen LogP contribution in [0.1, 0.15) is 5.56 Å². The first kappa shape index (κ1) is 18.5. The van der Waals surface area contributed by atoms with E-state index in [1.807, 2.05) is 4.90 Å². The predicted octanol–water partition coefficient (Wildman–Crippen LogP) is 1.71. The minimum Gasteiger partial charge on any atom is -0.405 e. The molecule has 24 heavy (non-hydrogen) atoms. The Labute approximate surface area is 138 Å². The first-order valence-corrected chi connectivity index (χ1v) is 7.59. The molecular formula is C16H21F3N2O3. The van der Waals surface area contributed by atoms with Gasteiger partial charge < -0.3 is 14.7 Å². The molecule has 1 saturated heterocycles. The Balaban J connectivity index is 2.11. The summed E-state index contributed by atoms with van der Waals surface area (Å²) in [4.78, 5) is 15.5. The number of likely N-dealkylation sites (tertiary alicyclic amines) is 1. The molecule has 5 nitrogen and oxygen atoms in total. The number of hydrogen-bond donors (Lipinski definition) is 1. The Morgan fingerprint density at radius 3 is 2.58 bits per heavy atom. The van der Waals surface area contributed by atoms with E-state index in [1.54, 1.807) is 26.2 Å². The number of ether oxygens (including phenoxy) is 1. The van der Waals surface area contributed by atoms with Gasteiger partial charge in [-0.2, -0.15) is 0 Å². The van der Waals surface area contributed by atoms with Gasteiger partial charge in [-0.1, -0.05) is 18.2 Å². The number of benzene rings is 1. The van der Waals surface area contributed by atoms with Gasteiger partial charge in [-0.3, -0.25) is 9.69 Å². The van der Waals surface area contributed by atoms with Crippen LogP contribution >= 0.6 is 0 Å². The highest BCUT2D eigenvalue weighted by atomic mass is 19.4. The number of carbonyl (C=O) groups excluding carboxylic acids is 1. The molecule has 0 aromatic heterocycles. The molecule has 0 saturated carbocycles. The van der Waals surface area contributed by atoms with Gasteiger partial charge in [-0.15, -0.1) is 13.2 Å². The van der Waals surface area contributed by atoms with Crippen molar-refractivity contribution in [2.75, 3.05) is 33.8 Å². The summed E-state index contributed by atoms with van der Waals surface area (Å²) < 4.78 is 41.5. The van der Waals surface area contributed by atoms with Crippen molar-refractivity contribution in [3.05, 3.63) is 29.8 Å². The smallest absolute Gasteiger partial charge is 0.405 e. The predicted molar refractivity (Wildman–Crippen MR) is 81.2 cm³/mol. The van der Waals surface area contributed by atoms with Crippen LogP contribution < -0.4 is 4.74 Å². The molecule has 1 heterocycles. The largest absolute Gasteiger partial charge is 0.573 e. The van der Waals surface area contributed by atoms with Crippen LogP contribution in [0.15, 0.2) is 24.3 Å². The molecule has 0 unspecified atom stereocenters. The third-order valence-corrected chi connectivity index (χ3v) is 4.10. The van der Waals surface area contributed by atoms with Gasteiger partial charge in [0.15, 0.2) is 0 Å². The molecule has 1 fully saturated rings. The van der Waals surface area contributed by atoms with Gasteiger partial charge in [0.05, 0.1) is 5.92 Å². The number of rotatable bonds is 5. The van der Waals surface area contributed by atoms with Gasteiger partial charge in [0.25, 0.3) is 0 Å². The van der Waals surface area contributed by atoms with Crippen molar-refractivity contribution in [1.29, 1.82) is 0 Å². The summed E-state index contributed by atoms with van der Waals surface area (Å²) in [6.45, 7) is 0.922. The van der Waals surface area contributed by atoms with Crippen LogP contribution in [-0.2, 0) is 11.3 Å². The maximum atomic E-state index is 12.5. The van der Waals surface area contributed by atoms with Crippen molar-refractivity contribution in [1.82, 2.24) is 9.80 Å². The van der Waals surface area contributed by atoms with Crippen LogP contribution in [-0.4, -0.2) is 61.0 Å². The summed E-state index contributed by atoms with van der Waals surface area (Å²) in [5.41, 5.74) is 0.393. The molecule has 1 aromatic carbocycles. The topological polar surface area (TPSA) is 53.0 Å². The lowest BCUT2D eigenvalue weighted by Crippen LogP contribution is -2.35. The molecule has 1 aromatic rings. The van der Waals surface area contributed by atoms with Gasteiger partial charge in [0, 0.05) is 51.8 Å². The fourth-order valence-electron chi connectivity index (χ4n) is 2.99. The molecule has 0 aliphatic carbocycles. The van der Waals surface area contributed by atoms with Crippen molar-refractivity contribution < 1.29 is 27.8 Å². The molecule has 0 spiro atoms. The molecule has 0 bridgehead atoms. The molecule has 2 rings (SSSR count). The van der Waals surface area contributed by atoms with Gasteiger partial charge in [0.1, 0.15) is 5.75 Å². The molecule has 134 valence electrons. The second-order valence-corrected chi connectivity index (χ2v) is 6.13. The van der Waals surface area contributed by atoms with E-state index >= 15 is 0 Å². The van der Waals surface area contributed by atoms with Crippen LogP contribution in [0.5, 0.6) is 5.75 Å². The number of alkyl halides is 3. The number of hydrogen-bond acceptors (Lipinski definition) is 4. The summed E-state index contributed by atoms with van der Waals surface area (Å²) in [5, 5.41) is 9.49. The van der Waals surface area contributed by atoms with Gasteiger partial charge in [-0.05, 0) is 6.07 Å². The minimum atomic E-state index is -4.75. The van der Waals surface area contributed by atoms with Crippen molar-refractivity contribution in [3.63, 3.8) is 0 Å². The van der Waals surface area contributed by atoms with Crippen LogP contribution in [0.2, 0.25) is 0 Å². The van der Waals surface area contributed by atoms with Gasteiger partial charge in [-0.25, -0.2) is 0 Å². The van der Waals surface area contributed by atoms with Crippen molar-refractivity contribution in [2.45, 2.75) is 12.9 Å². The Morgan fingerprint density at radius 2 is 2.00 bits per heavy atom. The average Bonchev–Trinajstić information content (AvgIpc) is 2.89. The van der Waals surface area contributed by atoms with E-state index in [-0.39, 0.29) is 36.6 Å². The van der Waals surface area contributed by atoms with E-state index in [1.165, 1.54) is 17.0 Å². The highest BCUT2D eigenvalue weighted by molar-refractivity contribution is 5.79. The Hall–Kier alpha value is -1.80. The maximum Gasteiger partial charge on any atom is 0.573 e. The number of para-hydroxylation sites is 1. The molecule has 0 radical (unpaired) electrons. The molecule has 1 N–H and O–H groups in total. The number of carbonyl (C=O) groups is 1. The Bertz CT molecular complexity index is 578. The standard InChI is InChI=1S/C16H21F3N2O3/c1-20(2)15(23)13-9-21(8-12(13)10-22)7-11-5-3-4-6-14(11)24-16(17,18)19/h3-6,12-13,22H,7-10H2,1-2H3/t12-,13+/m0/s1. The van der Waals surface area contributed by atoms with Crippen LogP contribution in [0, 0.1) is 11.8 Å². The molecule has 1 aliphatic rings. The number of aliphatic hydroxyl groups is 1. The lowest BCUT2D eigenvalue weighted by atomic mass is 9.96. The summed E-state index contributed by atoms with van der Waals surface area (Å²) in [6.07, 6.45) is -4.75. The maximum absolute atomic E-state index is 12.5. The van der Waals surface area contributed by atoms with Crippen molar-refractivity contribution in [3.8, 4) is 5.75 Å². The fraction of sp³-hybridized carbons (Fsp3) is 0.562. The van der Waals surface area contributed by atoms with E-state index in [0.717, 1.165) is 0 Å². The number of aliphatic hydroxyl groups excluding tert-OH is 1. The average molecular weight is 346 g/mol. The highest BCUT2D eigenvalue weighted by Crippen LogP contribution is 2.30. The Morgan fingerprint density at radius 1 is 1.33 bits per heavy atom. The zero-order chi connectivity index (χ0) is 17.9. The molecule has 1 aliphatic heterocycles. The van der Waals surface area contributed by atoms with Crippen LogP contribution in [0.3, 0.4) is 0 Å². The quantitative estimate of drug-likeness (QED) is 0.882. The summed E-state index contributed by atoms with van der Waals surface area (Å²) in [7, 11) is 3.29. The molecule has 8 heteroatoms. The first-order chi connectivity index (χ1) is 11.2. The van der Waals surface area contributed by atoms with Gasteiger partial charge >= 0.3 is 6.36 Å². The van der Waals surface area contributed by atoms with Crippen molar-refractivity contribution >= 4 is 5.91 Å². The summed E-state index contributed by atoms with van der Waals surface area (Å²) >= 11 is 0. The lowest BCUT2D eigenvalue weighted by molar-refractivity contribution is -0.275. The zero-order valence-corrected chi connectivity index (χ0v) is 13.6. The van der Waals surface area contributed by atoms with E-state index in [2.05, 4.69) is 4.74 Å². The first-order valence-electron chi connectivity index (χ1n) is 7.59. The number of halogens is 3. The molecule has 1 amide bonds. The van der Waals surface area contributed by atoms with Crippen LogP contribution in [0.4, 0.5) is 13.2 Å². The highest BCUT2D eigenvalue weighted by Gasteiger charge is 2.38. The zero-order valence-electron chi connectivity index (χ0n) is 13.6. The second-order valence-electron chi connectivity index (χ2n) is 6.13. The monoisotopic (exact) mass is 346 g/mol. The summed E-state index contributed by atoms with van der Waals surface area (Å²) in [6, 6.07) is 5.95. The minimum absolute atomic E-state index is 0.0867. The van der Waals surface area contributed by atoms with E-state index < -0.39 is 6.36 Å². The second kappa shape index (κ2) is 7.40. The number of nitrogens with zero attached hydrogens (tertiary/aromatic N) is 2. The molecular weight excluding hydrogens is 325 g/mol.